The highest BCUT2D eigenvalue weighted by Gasteiger charge is 2.35. The zero-order valence-electron chi connectivity index (χ0n) is 19.4. The third kappa shape index (κ3) is 4.46. The molecular weight excluding hydrogens is 482 g/mol. The fourth-order valence-electron chi connectivity index (χ4n) is 4.41. The Hall–Kier alpha value is -4.07. The molecule has 0 fully saturated rings. The Morgan fingerprint density at radius 3 is 2.25 bits per heavy atom. The minimum Gasteiger partial charge on any atom is -0.331 e. The number of nitrogens with zero attached hydrogens (tertiary/aromatic N) is 4. The molecule has 176 valence electrons. The Balaban J connectivity index is 1.44. The summed E-state index contributed by atoms with van der Waals surface area (Å²) in [6.07, 6.45) is 2.85. The number of hydrazone groups is 1. The van der Waals surface area contributed by atoms with E-state index >= 15 is 0 Å². The SMILES string of the molecule is S=C(Nc1ccccc1)N1N=C(c2ccsc2)CC1c1cn(-c2ccccc2)nc1-c1ccccc1. The van der Waals surface area contributed by atoms with Crippen LogP contribution in [0.2, 0.25) is 0 Å². The van der Waals surface area contributed by atoms with Gasteiger partial charge in [0.05, 0.1) is 23.1 Å². The number of para-hydroxylation sites is 2. The molecule has 3 aromatic carbocycles. The van der Waals surface area contributed by atoms with Gasteiger partial charge in [-0.15, -0.1) is 0 Å². The van der Waals surface area contributed by atoms with Gasteiger partial charge >= 0.3 is 0 Å². The summed E-state index contributed by atoms with van der Waals surface area (Å²) in [5.74, 6) is 0. The van der Waals surface area contributed by atoms with Gasteiger partial charge in [-0.1, -0.05) is 66.7 Å². The molecule has 5 nitrogen and oxygen atoms in total. The summed E-state index contributed by atoms with van der Waals surface area (Å²) in [6, 6.07) is 32.5. The van der Waals surface area contributed by atoms with Crippen molar-refractivity contribution >= 4 is 40.1 Å². The number of hydrogen-bond acceptors (Lipinski definition) is 4. The largest absolute Gasteiger partial charge is 0.331 e. The molecular formula is C29H23N5S2. The molecule has 1 unspecified atom stereocenters. The van der Waals surface area contributed by atoms with E-state index in [2.05, 4.69) is 52.6 Å². The number of anilines is 1. The molecule has 36 heavy (non-hydrogen) atoms. The minimum atomic E-state index is -0.101. The van der Waals surface area contributed by atoms with Gasteiger partial charge < -0.3 is 5.32 Å². The van der Waals surface area contributed by atoms with Gasteiger partial charge in [-0.05, 0) is 53.3 Å². The van der Waals surface area contributed by atoms with Gasteiger partial charge in [0, 0.05) is 35.0 Å². The van der Waals surface area contributed by atoms with Gasteiger partial charge in [-0.3, -0.25) is 0 Å². The second-order valence-electron chi connectivity index (χ2n) is 8.50. The van der Waals surface area contributed by atoms with E-state index in [4.69, 9.17) is 22.4 Å². The van der Waals surface area contributed by atoms with E-state index in [1.165, 1.54) is 0 Å². The molecule has 0 saturated heterocycles. The maximum atomic E-state index is 5.90. The lowest BCUT2D eigenvalue weighted by Gasteiger charge is -2.24. The molecule has 0 bridgehead atoms. The van der Waals surface area contributed by atoms with Gasteiger partial charge in [0.1, 0.15) is 0 Å². The first-order valence-electron chi connectivity index (χ1n) is 11.7. The second-order valence-corrected chi connectivity index (χ2v) is 9.67. The Bertz CT molecular complexity index is 1490. The van der Waals surface area contributed by atoms with Crippen molar-refractivity contribution in [3.8, 4) is 16.9 Å². The molecule has 0 spiro atoms. The summed E-state index contributed by atoms with van der Waals surface area (Å²) in [6.45, 7) is 0. The highest BCUT2D eigenvalue weighted by atomic mass is 32.1. The second kappa shape index (κ2) is 9.89. The number of thiophene rings is 1. The lowest BCUT2D eigenvalue weighted by Crippen LogP contribution is -2.31. The molecule has 1 atom stereocenters. The number of hydrogen-bond donors (Lipinski definition) is 1. The molecule has 2 aromatic heterocycles. The lowest BCUT2D eigenvalue weighted by molar-refractivity contribution is 0.376. The van der Waals surface area contributed by atoms with Crippen molar-refractivity contribution in [1.29, 1.82) is 0 Å². The molecule has 0 amide bonds. The van der Waals surface area contributed by atoms with Crippen LogP contribution in [0.4, 0.5) is 5.69 Å². The number of benzene rings is 3. The number of nitrogens with one attached hydrogen (secondary N) is 1. The average molecular weight is 506 g/mol. The summed E-state index contributed by atoms with van der Waals surface area (Å²) in [5.41, 5.74) is 7.16. The predicted molar refractivity (Wildman–Crippen MR) is 152 cm³/mol. The summed E-state index contributed by atoms with van der Waals surface area (Å²) in [5, 5.41) is 20.1. The molecule has 1 aliphatic heterocycles. The van der Waals surface area contributed by atoms with Crippen LogP contribution in [0.1, 0.15) is 23.6 Å². The standard InChI is InChI=1S/C29H23N5S2/c35-29(30-23-12-6-2-7-13-23)34-27(18-26(31-34)22-16-17-36-20-22)25-19-33(24-14-8-3-9-15-24)32-28(25)21-10-4-1-5-11-21/h1-17,19-20,27H,18H2,(H,30,35). The van der Waals surface area contributed by atoms with Crippen LogP contribution in [0.25, 0.3) is 16.9 Å². The summed E-state index contributed by atoms with van der Waals surface area (Å²) >= 11 is 7.57. The lowest BCUT2D eigenvalue weighted by atomic mass is 9.97. The van der Waals surface area contributed by atoms with E-state index in [9.17, 15) is 0 Å². The molecule has 5 aromatic rings. The molecule has 3 heterocycles. The van der Waals surface area contributed by atoms with Crippen LogP contribution < -0.4 is 5.32 Å². The molecule has 6 rings (SSSR count). The van der Waals surface area contributed by atoms with Crippen molar-refractivity contribution < 1.29 is 0 Å². The van der Waals surface area contributed by atoms with E-state index in [0.717, 1.165) is 45.9 Å². The molecule has 7 heteroatoms. The molecule has 0 saturated carbocycles. The van der Waals surface area contributed by atoms with E-state index in [1.54, 1.807) is 11.3 Å². The zero-order valence-corrected chi connectivity index (χ0v) is 21.0. The van der Waals surface area contributed by atoms with E-state index in [0.29, 0.717) is 5.11 Å². The average Bonchev–Trinajstić information content (AvgIpc) is 3.70. The highest BCUT2D eigenvalue weighted by molar-refractivity contribution is 7.80. The van der Waals surface area contributed by atoms with Crippen molar-refractivity contribution in [1.82, 2.24) is 14.8 Å². The molecule has 0 aliphatic carbocycles. The third-order valence-electron chi connectivity index (χ3n) is 6.17. The minimum absolute atomic E-state index is 0.101. The smallest absolute Gasteiger partial charge is 0.194 e. The normalized spacial score (nSPS) is 15.1. The topological polar surface area (TPSA) is 45.5 Å². The monoisotopic (exact) mass is 505 g/mol. The molecule has 1 aliphatic rings. The number of aromatic nitrogens is 2. The van der Waals surface area contributed by atoms with Crippen LogP contribution >= 0.6 is 23.6 Å². The van der Waals surface area contributed by atoms with Crippen LogP contribution in [-0.2, 0) is 0 Å². The summed E-state index contributed by atoms with van der Waals surface area (Å²) in [7, 11) is 0. The maximum Gasteiger partial charge on any atom is 0.194 e. The Kier molecular flexibility index (Phi) is 6.15. The van der Waals surface area contributed by atoms with Crippen LogP contribution in [-0.4, -0.2) is 25.6 Å². The fraction of sp³-hybridized carbons (Fsp3) is 0.0690. The summed E-state index contributed by atoms with van der Waals surface area (Å²) < 4.78 is 1.95. The van der Waals surface area contributed by atoms with Crippen molar-refractivity contribution in [3.05, 3.63) is 125 Å². The van der Waals surface area contributed by atoms with E-state index in [-0.39, 0.29) is 6.04 Å². The number of rotatable bonds is 5. The van der Waals surface area contributed by atoms with Gasteiger partial charge in [0.15, 0.2) is 5.11 Å². The molecule has 1 N–H and O–H groups in total. The highest BCUT2D eigenvalue weighted by Crippen LogP contribution is 2.39. The Morgan fingerprint density at radius 2 is 1.56 bits per heavy atom. The predicted octanol–water partition coefficient (Wildman–Crippen LogP) is 7.15. The quantitative estimate of drug-likeness (QED) is 0.258. The zero-order chi connectivity index (χ0) is 24.3. The third-order valence-corrected chi connectivity index (χ3v) is 7.14. The molecule has 0 radical (unpaired) electrons. The fourth-order valence-corrected chi connectivity index (χ4v) is 5.36. The van der Waals surface area contributed by atoms with Crippen molar-refractivity contribution in [2.24, 2.45) is 5.10 Å². The van der Waals surface area contributed by atoms with E-state index in [1.807, 2.05) is 76.4 Å². The van der Waals surface area contributed by atoms with Crippen LogP contribution in [0.15, 0.2) is 119 Å². The summed E-state index contributed by atoms with van der Waals surface area (Å²) in [4.78, 5) is 0. The first-order valence-corrected chi connectivity index (χ1v) is 13.1. The maximum absolute atomic E-state index is 5.90. The van der Waals surface area contributed by atoms with Crippen LogP contribution in [0.5, 0.6) is 0 Å². The van der Waals surface area contributed by atoms with Gasteiger partial charge in [-0.25, -0.2) is 9.69 Å². The van der Waals surface area contributed by atoms with Crippen molar-refractivity contribution in [3.63, 3.8) is 0 Å². The first-order chi connectivity index (χ1) is 17.8. The van der Waals surface area contributed by atoms with Crippen LogP contribution in [0, 0.1) is 0 Å². The van der Waals surface area contributed by atoms with Gasteiger partial charge in [-0.2, -0.15) is 21.5 Å². The van der Waals surface area contributed by atoms with Gasteiger partial charge in [0.2, 0.25) is 0 Å². The Morgan fingerprint density at radius 1 is 0.861 bits per heavy atom. The first kappa shape index (κ1) is 22.4. The number of thiocarbonyl (C=S) groups is 1. The van der Waals surface area contributed by atoms with Crippen molar-refractivity contribution in [2.45, 2.75) is 12.5 Å². The van der Waals surface area contributed by atoms with Gasteiger partial charge in [0.25, 0.3) is 0 Å². The van der Waals surface area contributed by atoms with E-state index < -0.39 is 0 Å². The van der Waals surface area contributed by atoms with Crippen LogP contribution in [0.3, 0.4) is 0 Å². The van der Waals surface area contributed by atoms with Crippen molar-refractivity contribution in [2.75, 3.05) is 5.32 Å². The Labute approximate surface area is 219 Å².